The van der Waals surface area contributed by atoms with Crippen molar-refractivity contribution in [3.05, 3.63) is 124 Å². The molecule has 7 rings (SSSR count). The Morgan fingerprint density at radius 1 is 0.571 bits per heavy atom. The second kappa shape index (κ2) is 7.56. The molecular formula is C33H24IN. The molecule has 0 unspecified atom stereocenters. The first-order chi connectivity index (χ1) is 17.0. The van der Waals surface area contributed by atoms with E-state index in [2.05, 4.69) is 150 Å². The number of hydrogen-bond donors (Lipinski definition) is 0. The standard InChI is InChI=1S/C33H24IN/c1-33(2)29-11-7-6-10-25(29)26-15-12-21(18-30(26)33)22-13-16-27-28-17-14-23(34)20-32(28)35(31(27)19-22)24-8-4-3-5-9-24/h3-20H,1-2H3. The fourth-order valence-corrected chi connectivity index (χ4v) is 6.39. The van der Waals surface area contributed by atoms with Crippen molar-refractivity contribution >= 4 is 44.4 Å². The Labute approximate surface area is 219 Å². The maximum atomic E-state index is 2.41. The molecule has 2 heteroatoms. The summed E-state index contributed by atoms with van der Waals surface area (Å²) in [6.45, 7) is 4.69. The van der Waals surface area contributed by atoms with Crippen molar-refractivity contribution in [1.82, 2.24) is 4.57 Å². The lowest BCUT2D eigenvalue weighted by Gasteiger charge is -2.22. The first kappa shape index (κ1) is 21.0. The summed E-state index contributed by atoms with van der Waals surface area (Å²) in [7, 11) is 0. The van der Waals surface area contributed by atoms with E-state index in [9.17, 15) is 0 Å². The van der Waals surface area contributed by atoms with Gasteiger partial charge in [0.25, 0.3) is 0 Å². The fraction of sp³-hybridized carbons (Fsp3) is 0.0909. The van der Waals surface area contributed by atoms with Crippen LogP contribution in [0, 0.1) is 3.57 Å². The van der Waals surface area contributed by atoms with Crippen molar-refractivity contribution in [2.24, 2.45) is 0 Å². The van der Waals surface area contributed by atoms with Gasteiger partial charge < -0.3 is 4.57 Å². The lowest BCUT2D eigenvalue weighted by atomic mass is 9.81. The third-order valence-electron chi connectivity index (χ3n) is 7.66. The number of nitrogens with zero attached hydrogens (tertiary/aromatic N) is 1. The van der Waals surface area contributed by atoms with Gasteiger partial charge in [-0.3, -0.25) is 0 Å². The Balaban J connectivity index is 1.47. The van der Waals surface area contributed by atoms with Crippen LogP contribution >= 0.6 is 22.6 Å². The molecule has 0 fully saturated rings. The van der Waals surface area contributed by atoms with Crippen LogP contribution in [0.3, 0.4) is 0 Å². The zero-order valence-corrected chi connectivity index (χ0v) is 21.9. The summed E-state index contributed by atoms with van der Waals surface area (Å²) in [6, 6.07) is 40.3. The molecule has 0 atom stereocenters. The SMILES string of the molecule is CC1(C)c2ccccc2-c2ccc(-c3ccc4c5ccc(I)cc5n(-c5ccccc5)c4c3)cc21. The third-order valence-corrected chi connectivity index (χ3v) is 8.33. The van der Waals surface area contributed by atoms with Crippen LogP contribution in [0.2, 0.25) is 0 Å². The highest BCUT2D eigenvalue weighted by atomic mass is 127. The molecule has 0 aliphatic heterocycles. The van der Waals surface area contributed by atoms with E-state index < -0.39 is 0 Å². The van der Waals surface area contributed by atoms with Gasteiger partial charge in [-0.15, -0.1) is 0 Å². The van der Waals surface area contributed by atoms with Crippen molar-refractivity contribution in [3.63, 3.8) is 0 Å². The maximum Gasteiger partial charge on any atom is 0.0551 e. The van der Waals surface area contributed by atoms with Crippen molar-refractivity contribution in [3.8, 4) is 27.9 Å². The summed E-state index contributed by atoms with van der Waals surface area (Å²) in [4.78, 5) is 0. The molecule has 0 N–H and O–H groups in total. The molecule has 1 aliphatic rings. The van der Waals surface area contributed by atoms with Crippen LogP contribution in [0.15, 0.2) is 109 Å². The van der Waals surface area contributed by atoms with Gasteiger partial charge in [0.05, 0.1) is 11.0 Å². The topological polar surface area (TPSA) is 4.93 Å². The average molecular weight is 561 g/mol. The smallest absolute Gasteiger partial charge is 0.0551 e. The second-order valence-electron chi connectivity index (χ2n) is 10.00. The van der Waals surface area contributed by atoms with Crippen LogP contribution in [-0.2, 0) is 5.41 Å². The van der Waals surface area contributed by atoms with Gasteiger partial charge >= 0.3 is 0 Å². The van der Waals surface area contributed by atoms with Crippen LogP contribution in [-0.4, -0.2) is 4.57 Å². The number of fused-ring (bicyclic) bond motifs is 6. The Bertz CT molecular complexity index is 1770. The van der Waals surface area contributed by atoms with E-state index in [0.29, 0.717) is 0 Å². The number of rotatable bonds is 2. The van der Waals surface area contributed by atoms with E-state index in [-0.39, 0.29) is 5.41 Å². The van der Waals surface area contributed by atoms with Gasteiger partial charge in [0.15, 0.2) is 0 Å². The first-order valence-electron chi connectivity index (χ1n) is 12.1. The van der Waals surface area contributed by atoms with E-state index in [4.69, 9.17) is 0 Å². The Morgan fingerprint density at radius 3 is 2.03 bits per heavy atom. The first-order valence-corrected chi connectivity index (χ1v) is 13.1. The molecule has 5 aromatic carbocycles. The summed E-state index contributed by atoms with van der Waals surface area (Å²) in [5.74, 6) is 0. The Hall–Kier alpha value is -3.37. The van der Waals surface area contributed by atoms with E-state index in [1.54, 1.807) is 0 Å². The minimum Gasteiger partial charge on any atom is -0.309 e. The molecule has 1 heterocycles. The summed E-state index contributed by atoms with van der Waals surface area (Å²) >= 11 is 2.41. The molecule has 0 radical (unpaired) electrons. The van der Waals surface area contributed by atoms with Crippen LogP contribution in [0.25, 0.3) is 49.7 Å². The molecule has 0 amide bonds. The number of aromatic nitrogens is 1. The van der Waals surface area contributed by atoms with E-state index >= 15 is 0 Å². The fourth-order valence-electron chi connectivity index (χ4n) is 5.91. The van der Waals surface area contributed by atoms with Crippen molar-refractivity contribution < 1.29 is 0 Å². The van der Waals surface area contributed by atoms with Gasteiger partial charge in [0, 0.05) is 25.4 Å². The third kappa shape index (κ3) is 3.06. The number of halogens is 1. The highest BCUT2D eigenvalue weighted by Gasteiger charge is 2.35. The zero-order chi connectivity index (χ0) is 23.7. The van der Waals surface area contributed by atoms with Gasteiger partial charge in [-0.25, -0.2) is 0 Å². The molecule has 168 valence electrons. The largest absolute Gasteiger partial charge is 0.309 e. The van der Waals surface area contributed by atoms with Gasteiger partial charge in [-0.2, -0.15) is 0 Å². The summed E-state index contributed by atoms with van der Waals surface area (Å²) in [5, 5.41) is 2.58. The molecule has 0 saturated heterocycles. The summed E-state index contributed by atoms with van der Waals surface area (Å²) < 4.78 is 3.65. The highest BCUT2D eigenvalue weighted by molar-refractivity contribution is 14.1. The molecular weight excluding hydrogens is 537 g/mol. The maximum absolute atomic E-state index is 2.41. The predicted molar refractivity (Wildman–Crippen MR) is 156 cm³/mol. The monoisotopic (exact) mass is 561 g/mol. The lowest BCUT2D eigenvalue weighted by Crippen LogP contribution is -2.14. The van der Waals surface area contributed by atoms with E-state index in [1.807, 2.05) is 0 Å². The predicted octanol–water partition coefficient (Wildman–Crippen LogP) is 9.36. The minimum absolute atomic E-state index is 0.00165. The van der Waals surface area contributed by atoms with Gasteiger partial charge in [0.1, 0.15) is 0 Å². The molecule has 35 heavy (non-hydrogen) atoms. The van der Waals surface area contributed by atoms with Crippen LogP contribution in [0.4, 0.5) is 0 Å². The molecule has 0 saturated carbocycles. The quantitative estimate of drug-likeness (QED) is 0.186. The van der Waals surface area contributed by atoms with Gasteiger partial charge in [-0.05, 0) is 92.4 Å². The second-order valence-corrected chi connectivity index (χ2v) is 11.2. The normalized spacial score (nSPS) is 13.8. The van der Waals surface area contributed by atoms with Gasteiger partial charge in [0.2, 0.25) is 0 Å². The summed E-state index contributed by atoms with van der Waals surface area (Å²) in [5.41, 5.74) is 11.8. The van der Waals surface area contributed by atoms with Crippen molar-refractivity contribution in [2.75, 3.05) is 0 Å². The molecule has 6 aromatic rings. The van der Waals surface area contributed by atoms with E-state index in [1.165, 1.54) is 64.4 Å². The highest BCUT2D eigenvalue weighted by Crippen LogP contribution is 2.49. The van der Waals surface area contributed by atoms with E-state index in [0.717, 1.165) is 0 Å². The summed E-state index contributed by atoms with van der Waals surface area (Å²) in [6.07, 6.45) is 0. The Morgan fingerprint density at radius 2 is 1.20 bits per heavy atom. The molecule has 0 spiro atoms. The minimum atomic E-state index is 0.00165. The average Bonchev–Trinajstić information content (AvgIpc) is 3.32. The molecule has 1 aromatic heterocycles. The van der Waals surface area contributed by atoms with Crippen LogP contribution < -0.4 is 0 Å². The molecule has 0 bridgehead atoms. The zero-order valence-electron chi connectivity index (χ0n) is 19.7. The number of hydrogen-bond acceptors (Lipinski definition) is 0. The lowest BCUT2D eigenvalue weighted by molar-refractivity contribution is 0.660. The van der Waals surface area contributed by atoms with Crippen LogP contribution in [0.5, 0.6) is 0 Å². The number of para-hydroxylation sites is 1. The Kier molecular flexibility index (Phi) is 4.53. The number of benzene rings is 5. The van der Waals surface area contributed by atoms with Crippen molar-refractivity contribution in [1.29, 1.82) is 0 Å². The van der Waals surface area contributed by atoms with Gasteiger partial charge in [-0.1, -0.05) is 86.6 Å². The molecule has 1 aliphatic carbocycles. The molecule has 1 nitrogen and oxygen atoms in total. The van der Waals surface area contributed by atoms with Crippen molar-refractivity contribution in [2.45, 2.75) is 19.3 Å². The van der Waals surface area contributed by atoms with Crippen LogP contribution in [0.1, 0.15) is 25.0 Å².